The minimum absolute atomic E-state index is 0. The summed E-state index contributed by atoms with van der Waals surface area (Å²) < 4.78 is 0. The van der Waals surface area contributed by atoms with Gasteiger partial charge >= 0.3 is 0 Å². The summed E-state index contributed by atoms with van der Waals surface area (Å²) in [7, 11) is 1.59. The third kappa shape index (κ3) is 4.74. The highest BCUT2D eigenvalue weighted by molar-refractivity contribution is 6.36. The van der Waals surface area contributed by atoms with Crippen LogP contribution in [0, 0.1) is 0 Å². The molecule has 1 aromatic carbocycles. The van der Waals surface area contributed by atoms with E-state index in [1.54, 1.807) is 24.1 Å². The van der Waals surface area contributed by atoms with Crippen LogP contribution >= 0.6 is 35.6 Å². The molecule has 2 amide bonds. The molecule has 0 aromatic heterocycles. The summed E-state index contributed by atoms with van der Waals surface area (Å²) in [6.07, 6.45) is 0. The second kappa shape index (κ2) is 8.58. The highest BCUT2D eigenvalue weighted by Crippen LogP contribution is 2.22. The van der Waals surface area contributed by atoms with Crippen LogP contribution in [0.2, 0.25) is 10.0 Å². The van der Waals surface area contributed by atoms with Crippen LogP contribution in [0.3, 0.4) is 0 Å². The molecule has 122 valence electrons. The Hall–Kier alpha value is -1.01. The van der Waals surface area contributed by atoms with Crippen LogP contribution in [0.4, 0.5) is 0 Å². The van der Waals surface area contributed by atoms with Gasteiger partial charge in [0.2, 0.25) is 5.91 Å². The van der Waals surface area contributed by atoms with E-state index < -0.39 is 0 Å². The van der Waals surface area contributed by atoms with Crippen molar-refractivity contribution in [2.75, 3.05) is 39.8 Å². The molecule has 22 heavy (non-hydrogen) atoms. The van der Waals surface area contributed by atoms with Gasteiger partial charge in [-0.3, -0.25) is 9.59 Å². The maximum absolute atomic E-state index is 12.3. The summed E-state index contributed by atoms with van der Waals surface area (Å²) in [5.74, 6) is -0.349. The smallest absolute Gasteiger partial charge is 0.255 e. The zero-order valence-electron chi connectivity index (χ0n) is 12.1. The molecule has 1 aromatic rings. The predicted octanol–water partition coefficient (Wildman–Crippen LogP) is 1.92. The van der Waals surface area contributed by atoms with Crippen molar-refractivity contribution in [3.8, 4) is 0 Å². The first-order chi connectivity index (χ1) is 9.99. The molecule has 1 aliphatic rings. The third-order valence-electron chi connectivity index (χ3n) is 3.35. The number of halogens is 3. The van der Waals surface area contributed by atoms with Gasteiger partial charge in [-0.05, 0) is 18.2 Å². The minimum atomic E-state index is -0.292. The van der Waals surface area contributed by atoms with E-state index in [0.29, 0.717) is 23.7 Å². The summed E-state index contributed by atoms with van der Waals surface area (Å²) in [5, 5.41) is 3.93. The molecule has 2 rings (SSSR count). The summed E-state index contributed by atoms with van der Waals surface area (Å²) in [4.78, 5) is 27.6. The van der Waals surface area contributed by atoms with Crippen molar-refractivity contribution < 1.29 is 9.59 Å². The van der Waals surface area contributed by atoms with Crippen molar-refractivity contribution in [1.82, 2.24) is 15.1 Å². The van der Waals surface area contributed by atoms with E-state index in [2.05, 4.69) is 5.32 Å². The molecule has 8 heteroatoms. The summed E-state index contributed by atoms with van der Waals surface area (Å²) in [6, 6.07) is 4.69. The van der Waals surface area contributed by atoms with Gasteiger partial charge in [-0.1, -0.05) is 23.2 Å². The lowest BCUT2D eigenvalue weighted by atomic mass is 10.2. The van der Waals surface area contributed by atoms with Crippen LogP contribution in [0.15, 0.2) is 18.2 Å². The normalized spacial score (nSPS) is 14.2. The fourth-order valence-electron chi connectivity index (χ4n) is 2.16. The highest BCUT2D eigenvalue weighted by Gasteiger charge is 2.21. The maximum atomic E-state index is 12.3. The van der Waals surface area contributed by atoms with Crippen molar-refractivity contribution in [2.24, 2.45) is 0 Å². The van der Waals surface area contributed by atoms with Crippen molar-refractivity contribution >= 4 is 47.4 Å². The van der Waals surface area contributed by atoms with Crippen LogP contribution in [-0.2, 0) is 4.79 Å². The molecule has 1 fully saturated rings. The standard InChI is InChI=1S/C14H17Cl2N3O2.ClH/c1-18(9-13(20)19-6-4-17-5-7-19)14(21)11-3-2-10(15)8-12(11)16;/h2-3,8,17H,4-7,9H2,1H3;1H. The number of nitrogens with one attached hydrogen (secondary N) is 1. The molecule has 0 aliphatic carbocycles. The van der Waals surface area contributed by atoms with Crippen molar-refractivity contribution in [1.29, 1.82) is 0 Å². The Kier molecular flexibility index (Phi) is 7.42. The van der Waals surface area contributed by atoms with E-state index in [0.717, 1.165) is 13.1 Å². The Balaban J connectivity index is 0.00000242. The van der Waals surface area contributed by atoms with E-state index in [9.17, 15) is 9.59 Å². The Morgan fingerprint density at radius 2 is 1.91 bits per heavy atom. The lowest BCUT2D eigenvalue weighted by Gasteiger charge is -2.29. The molecular weight excluding hydrogens is 349 g/mol. The number of nitrogens with zero attached hydrogens (tertiary/aromatic N) is 2. The molecule has 0 bridgehead atoms. The second-order valence-corrected chi connectivity index (χ2v) is 5.76. The molecule has 1 heterocycles. The Bertz CT molecular complexity index is 548. The van der Waals surface area contributed by atoms with Gasteiger partial charge in [0.15, 0.2) is 0 Å². The van der Waals surface area contributed by atoms with Gasteiger partial charge in [0, 0.05) is 38.2 Å². The lowest BCUT2D eigenvalue weighted by Crippen LogP contribution is -2.49. The fourth-order valence-corrected chi connectivity index (χ4v) is 2.65. The molecule has 0 spiro atoms. The van der Waals surface area contributed by atoms with Crippen molar-refractivity contribution in [2.45, 2.75) is 0 Å². The molecule has 0 unspecified atom stereocenters. The number of benzene rings is 1. The van der Waals surface area contributed by atoms with Gasteiger partial charge in [-0.2, -0.15) is 0 Å². The SMILES string of the molecule is CN(CC(=O)N1CCNCC1)C(=O)c1ccc(Cl)cc1Cl.Cl. The monoisotopic (exact) mass is 365 g/mol. The maximum Gasteiger partial charge on any atom is 0.255 e. The van der Waals surface area contributed by atoms with Gasteiger partial charge in [0.1, 0.15) is 0 Å². The van der Waals surface area contributed by atoms with Crippen LogP contribution in [0.1, 0.15) is 10.4 Å². The number of likely N-dealkylation sites (N-methyl/N-ethyl adjacent to an activating group) is 1. The molecule has 1 saturated heterocycles. The number of piperazine rings is 1. The predicted molar refractivity (Wildman–Crippen MR) is 90.1 cm³/mol. The number of carbonyl (C=O) groups excluding carboxylic acids is 2. The molecule has 1 N–H and O–H groups in total. The number of hydrogen-bond acceptors (Lipinski definition) is 3. The van der Waals surface area contributed by atoms with Crippen LogP contribution in [0.5, 0.6) is 0 Å². The zero-order valence-corrected chi connectivity index (χ0v) is 14.5. The third-order valence-corrected chi connectivity index (χ3v) is 3.90. The van der Waals surface area contributed by atoms with Crippen LogP contribution in [-0.4, -0.2) is 61.4 Å². The quantitative estimate of drug-likeness (QED) is 0.889. The first-order valence-corrected chi connectivity index (χ1v) is 7.43. The Morgan fingerprint density at radius 1 is 1.27 bits per heavy atom. The number of rotatable bonds is 3. The Labute approximate surface area is 145 Å². The van der Waals surface area contributed by atoms with Gasteiger partial charge in [-0.15, -0.1) is 12.4 Å². The van der Waals surface area contributed by atoms with E-state index in [4.69, 9.17) is 23.2 Å². The minimum Gasteiger partial charge on any atom is -0.339 e. The average Bonchev–Trinajstić information content (AvgIpc) is 2.47. The molecule has 0 atom stereocenters. The van der Waals surface area contributed by atoms with Gasteiger partial charge in [0.25, 0.3) is 5.91 Å². The lowest BCUT2D eigenvalue weighted by molar-refractivity contribution is -0.132. The van der Waals surface area contributed by atoms with Crippen molar-refractivity contribution in [3.63, 3.8) is 0 Å². The molecular formula is C14H18Cl3N3O2. The fraction of sp³-hybridized carbons (Fsp3) is 0.429. The summed E-state index contributed by atoms with van der Waals surface area (Å²) >= 11 is 11.8. The molecule has 5 nitrogen and oxygen atoms in total. The van der Waals surface area contributed by atoms with E-state index in [1.165, 1.54) is 11.0 Å². The van der Waals surface area contributed by atoms with Crippen molar-refractivity contribution in [3.05, 3.63) is 33.8 Å². The van der Waals surface area contributed by atoms with E-state index in [1.807, 2.05) is 0 Å². The first-order valence-electron chi connectivity index (χ1n) is 6.68. The second-order valence-electron chi connectivity index (χ2n) is 4.92. The van der Waals surface area contributed by atoms with Crippen LogP contribution in [0.25, 0.3) is 0 Å². The molecule has 0 saturated carbocycles. The molecule has 1 aliphatic heterocycles. The summed E-state index contributed by atoms with van der Waals surface area (Å²) in [5.41, 5.74) is 0.344. The largest absolute Gasteiger partial charge is 0.339 e. The number of amides is 2. The number of carbonyl (C=O) groups is 2. The Morgan fingerprint density at radius 3 is 2.50 bits per heavy atom. The number of hydrogen-bond donors (Lipinski definition) is 1. The van der Waals surface area contributed by atoms with Crippen LogP contribution < -0.4 is 5.32 Å². The topological polar surface area (TPSA) is 52.7 Å². The first kappa shape index (κ1) is 19.0. The summed E-state index contributed by atoms with van der Waals surface area (Å²) in [6.45, 7) is 2.95. The van der Waals surface area contributed by atoms with E-state index >= 15 is 0 Å². The average molecular weight is 367 g/mol. The molecule has 0 radical (unpaired) electrons. The van der Waals surface area contributed by atoms with Gasteiger partial charge < -0.3 is 15.1 Å². The van der Waals surface area contributed by atoms with Gasteiger partial charge in [-0.25, -0.2) is 0 Å². The zero-order chi connectivity index (χ0) is 15.4. The van der Waals surface area contributed by atoms with E-state index in [-0.39, 0.29) is 35.8 Å². The highest BCUT2D eigenvalue weighted by atomic mass is 35.5. The van der Waals surface area contributed by atoms with Gasteiger partial charge in [0.05, 0.1) is 17.1 Å².